The van der Waals surface area contributed by atoms with Crippen molar-refractivity contribution in [3.05, 3.63) is 87.7 Å². The maximum atomic E-state index is 14.2. The number of benzene rings is 3. The number of hydrogen-bond acceptors (Lipinski definition) is 6. The van der Waals surface area contributed by atoms with Gasteiger partial charge in [0.1, 0.15) is 5.75 Å². The van der Waals surface area contributed by atoms with E-state index in [0.717, 1.165) is 17.4 Å². The molecule has 184 valence electrons. The Morgan fingerprint density at radius 2 is 1.80 bits per heavy atom. The molecule has 0 saturated heterocycles. The van der Waals surface area contributed by atoms with Crippen LogP contribution in [0, 0.1) is 5.82 Å². The molecular weight excluding hydrogens is 516 g/mol. The molecule has 0 amide bonds. The van der Waals surface area contributed by atoms with Crippen LogP contribution in [0.5, 0.6) is 11.5 Å². The van der Waals surface area contributed by atoms with E-state index in [2.05, 4.69) is 15.2 Å². The molecule has 35 heavy (non-hydrogen) atoms. The molecule has 0 bridgehead atoms. The van der Waals surface area contributed by atoms with Crippen molar-refractivity contribution < 1.29 is 22.3 Å². The van der Waals surface area contributed by atoms with Gasteiger partial charge in [-0.15, -0.1) is 0 Å². The zero-order valence-corrected chi connectivity index (χ0v) is 21.1. The van der Waals surface area contributed by atoms with E-state index in [9.17, 15) is 12.8 Å². The lowest BCUT2D eigenvalue weighted by molar-refractivity contribution is 0.385. The van der Waals surface area contributed by atoms with Crippen molar-refractivity contribution in [3.63, 3.8) is 0 Å². The Morgan fingerprint density at radius 1 is 1.06 bits per heavy atom. The highest BCUT2D eigenvalue weighted by molar-refractivity contribution is 7.89. The Kier molecular flexibility index (Phi) is 7.51. The highest BCUT2D eigenvalue weighted by Crippen LogP contribution is 2.34. The van der Waals surface area contributed by atoms with Crippen LogP contribution < -0.4 is 19.6 Å². The van der Waals surface area contributed by atoms with Crippen LogP contribution in [0.15, 0.2) is 70.7 Å². The summed E-state index contributed by atoms with van der Waals surface area (Å²) >= 11 is 12.5. The van der Waals surface area contributed by atoms with Gasteiger partial charge in [-0.1, -0.05) is 41.4 Å². The van der Waals surface area contributed by atoms with Crippen LogP contribution in [0.4, 0.5) is 4.39 Å². The molecule has 0 saturated carbocycles. The number of methoxy groups -OCH3 is 2. The number of ether oxygens (including phenoxy) is 2. The van der Waals surface area contributed by atoms with Crippen LogP contribution in [0.25, 0.3) is 0 Å². The standard InChI is InChI=1S/C24H22Cl2FN3O4S/c1-33-16-6-3-14(4-7-16)21-13-22(29-28-21)24(18-9-5-15(25)11-19(18)26)30-35(31,32)17-8-10-23(34-2)20(27)12-17/h3-12,21,24,28,30H,13H2,1-2H3. The third-order valence-electron chi connectivity index (χ3n) is 5.61. The predicted octanol–water partition coefficient (Wildman–Crippen LogP) is 5.26. The molecule has 3 aromatic carbocycles. The van der Waals surface area contributed by atoms with Crippen molar-refractivity contribution in [1.82, 2.24) is 10.1 Å². The van der Waals surface area contributed by atoms with Gasteiger partial charge in [0.05, 0.1) is 36.9 Å². The van der Waals surface area contributed by atoms with Gasteiger partial charge >= 0.3 is 0 Å². The molecule has 2 atom stereocenters. The largest absolute Gasteiger partial charge is 0.497 e. The van der Waals surface area contributed by atoms with Gasteiger partial charge in [0, 0.05) is 16.5 Å². The van der Waals surface area contributed by atoms with Gasteiger partial charge in [0.15, 0.2) is 11.6 Å². The van der Waals surface area contributed by atoms with Gasteiger partial charge < -0.3 is 14.9 Å². The van der Waals surface area contributed by atoms with Crippen molar-refractivity contribution >= 4 is 38.9 Å². The zero-order valence-electron chi connectivity index (χ0n) is 18.8. The Morgan fingerprint density at radius 3 is 2.43 bits per heavy atom. The number of halogens is 3. The first-order chi connectivity index (χ1) is 16.7. The van der Waals surface area contributed by atoms with Crippen LogP contribution >= 0.6 is 23.2 Å². The molecule has 0 aromatic heterocycles. The number of hydrazone groups is 1. The maximum Gasteiger partial charge on any atom is 0.241 e. The van der Waals surface area contributed by atoms with E-state index in [0.29, 0.717) is 22.7 Å². The molecular formula is C24H22Cl2FN3O4S. The maximum absolute atomic E-state index is 14.2. The third kappa shape index (κ3) is 5.54. The van der Waals surface area contributed by atoms with Crippen LogP contribution in [0.1, 0.15) is 29.6 Å². The van der Waals surface area contributed by atoms with Gasteiger partial charge in [-0.05, 0) is 53.6 Å². The van der Waals surface area contributed by atoms with E-state index in [1.165, 1.54) is 25.3 Å². The van der Waals surface area contributed by atoms with Crippen molar-refractivity contribution in [2.24, 2.45) is 5.10 Å². The molecule has 3 aromatic rings. The summed E-state index contributed by atoms with van der Waals surface area (Å²) in [5.41, 5.74) is 4.98. The highest BCUT2D eigenvalue weighted by Gasteiger charge is 2.32. The van der Waals surface area contributed by atoms with E-state index in [4.69, 9.17) is 32.7 Å². The molecule has 1 aliphatic rings. The summed E-state index contributed by atoms with van der Waals surface area (Å²) in [6.45, 7) is 0. The van der Waals surface area contributed by atoms with E-state index in [1.54, 1.807) is 19.2 Å². The van der Waals surface area contributed by atoms with E-state index in [1.807, 2.05) is 24.3 Å². The minimum absolute atomic E-state index is 0.0621. The SMILES string of the molecule is COc1ccc(C2CC(C(NS(=O)(=O)c3ccc(OC)c(F)c3)c3ccc(Cl)cc3Cl)=NN2)cc1. The van der Waals surface area contributed by atoms with Crippen molar-refractivity contribution in [2.45, 2.75) is 23.4 Å². The summed E-state index contributed by atoms with van der Waals surface area (Å²) in [5, 5.41) is 5.09. The Balaban J connectivity index is 1.66. The second-order valence-corrected chi connectivity index (χ2v) is 10.3. The van der Waals surface area contributed by atoms with Crippen LogP contribution in [0.3, 0.4) is 0 Å². The van der Waals surface area contributed by atoms with Gasteiger partial charge in [-0.3, -0.25) is 0 Å². The van der Waals surface area contributed by atoms with Crippen LogP contribution in [-0.2, 0) is 10.0 Å². The second-order valence-electron chi connectivity index (χ2n) is 7.78. The number of hydrogen-bond donors (Lipinski definition) is 2. The summed E-state index contributed by atoms with van der Waals surface area (Å²) in [4.78, 5) is -0.260. The van der Waals surface area contributed by atoms with E-state index >= 15 is 0 Å². The Hall–Kier alpha value is -2.85. The fourth-order valence-electron chi connectivity index (χ4n) is 3.76. The highest BCUT2D eigenvalue weighted by atomic mass is 35.5. The van der Waals surface area contributed by atoms with Gasteiger partial charge in [0.25, 0.3) is 0 Å². The molecule has 2 unspecified atom stereocenters. The minimum Gasteiger partial charge on any atom is -0.497 e. The first kappa shape index (κ1) is 25.2. The average molecular weight is 538 g/mol. The average Bonchev–Trinajstić information content (AvgIpc) is 3.33. The molecule has 11 heteroatoms. The molecule has 0 aliphatic carbocycles. The van der Waals surface area contributed by atoms with E-state index in [-0.39, 0.29) is 21.7 Å². The van der Waals surface area contributed by atoms with Crippen molar-refractivity contribution in [1.29, 1.82) is 0 Å². The molecule has 4 rings (SSSR count). The topological polar surface area (TPSA) is 89.0 Å². The van der Waals surface area contributed by atoms with E-state index < -0.39 is 21.9 Å². The number of rotatable bonds is 8. The van der Waals surface area contributed by atoms with Crippen LogP contribution in [0.2, 0.25) is 10.0 Å². The molecule has 0 fully saturated rings. The summed E-state index contributed by atoms with van der Waals surface area (Å²) in [5.74, 6) is -0.137. The predicted molar refractivity (Wildman–Crippen MR) is 133 cm³/mol. The minimum atomic E-state index is -4.17. The lowest BCUT2D eigenvalue weighted by atomic mass is 9.96. The monoisotopic (exact) mass is 537 g/mol. The zero-order chi connectivity index (χ0) is 25.2. The molecule has 0 spiro atoms. The van der Waals surface area contributed by atoms with Gasteiger partial charge in [0.2, 0.25) is 10.0 Å². The molecule has 1 aliphatic heterocycles. The second kappa shape index (κ2) is 10.4. The van der Waals surface area contributed by atoms with Gasteiger partial charge in [-0.25, -0.2) is 12.8 Å². The van der Waals surface area contributed by atoms with Gasteiger partial charge in [-0.2, -0.15) is 9.82 Å². The fourth-order valence-corrected chi connectivity index (χ4v) is 5.49. The first-order valence-electron chi connectivity index (χ1n) is 10.5. The number of nitrogens with zero attached hydrogens (tertiary/aromatic N) is 1. The smallest absolute Gasteiger partial charge is 0.241 e. The summed E-state index contributed by atoms with van der Waals surface area (Å²) < 4.78 is 53.5. The molecule has 0 radical (unpaired) electrons. The summed E-state index contributed by atoms with van der Waals surface area (Å²) in [6, 6.07) is 14.6. The fraction of sp³-hybridized carbons (Fsp3) is 0.208. The normalized spacial score (nSPS) is 16.4. The quantitative estimate of drug-likeness (QED) is 0.409. The lowest BCUT2D eigenvalue weighted by Crippen LogP contribution is -2.34. The van der Waals surface area contributed by atoms with Crippen molar-refractivity contribution in [3.8, 4) is 11.5 Å². The molecule has 2 N–H and O–H groups in total. The number of sulfonamides is 1. The van der Waals surface area contributed by atoms with Crippen LogP contribution in [-0.4, -0.2) is 28.3 Å². The third-order valence-corrected chi connectivity index (χ3v) is 7.59. The molecule has 1 heterocycles. The summed E-state index contributed by atoms with van der Waals surface area (Å²) in [6.07, 6.45) is 0.398. The lowest BCUT2D eigenvalue weighted by Gasteiger charge is -2.21. The first-order valence-corrected chi connectivity index (χ1v) is 12.7. The Labute approximate surface area is 212 Å². The number of nitrogens with one attached hydrogen (secondary N) is 2. The Bertz CT molecular complexity index is 1370. The van der Waals surface area contributed by atoms with Crippen molar-refractivity contribution in [2.75, 3.05) is 14.2 Å². The summed E-state index contributed by atoms with van der Waals surface area (Å²) in [7, 11) is -1.28. The molecule has 7 nitrogen and oxygen atoms in total.